The zero-order chi connectivity index (χ0) is 8.27. The van der Waals surface area contributed by atoms with Gasteiger partial charge < -0.3 is 10.3 Å². The molecular formula is C8H15N3. The fraction of sp³-hybridized carbons (Fsp3) is 0.625. The Morgan fingerprint density at radius 2 is 2.36 bits per heavy atom. The Balaban J connectivity index is 2.63. The first kappa shape index (κ1) is 8.11. The molecule has 0 atom stereocenters. The smallest absolute Gasteiger partial charge is 0.126 e. The molecule has 1 rings (SSSR count). The van der Waals surface area contributed by atoms with Gasteiger partial charge in [0.15, 0.2) is 0 Å². The van der Waals surface area contributed by atoms with Crippen LogP contribution < -0.4 is 5.73 Å². The van der Waals surface area contributed by atoms with Crippen molar-refractivity contribution in [3.05, 3.63) is 12.0 Å². The predicted molar refractivity (Wildman–Crippen MR) is 46.2 cm³/mol. The topological polar surface area (TPSA) is 43.8 Å². The molecule has 3 nitrogen and oxygen atoms in total. The van der Waals surface area contributed by atoms with Crippen LogP contribution in [0.5, 0.6) is 0 Å². The monoisotopic (exact) mass is 153 g/mol. The molecule has 0 spiro atoms. The van der Waals surface area contributed by atoms with E-state index in [0.29, 0.717) is 0 Å². The number of hydrogen-bond acceptors (Lipinski definition) is 2. The zero-order valence-electron chi connectivity index (χ0n) is 7.17. The van der Waals surface area contributed by atoms with Crippen LogP contribution in [0.15, 0.2) is 6.33 Å². The van der Waals surface area contributed by atoms with Crippen molar-refractivity contribution in [2.24, 2.45) is 7.05 Å². The predicted octanol–water partition coefficient (Wildman–Crippen LogP) is 1.34. The first-order valence-corrected chi connectivity index (χ1v) is 4.01. The number of anilines is 1. The van der Waals surface area contributed by atoms with Gasteiger partial charge in [0.25, 0.3) is 0 Å². The second kappa shape index (κ2) is 3.42. The minimum Gasteiger partial charge on any atom is -0.384 e. The van der Waals surface area contributed by atoms with Crippen molar-refractivity contribution in [3.8, 4) is 0 Å². The summed E-state index contributed by atoms with van der Waals surface area (Å²) in [5.41, 5.74) is 6.78. The van der Waals surface area contributed by atoms with E-state index < -0.39 is 0 Å². The highest BCUT2D eigenvalue weighted by molar-refractivity contribution is 5.35. The van der Waals surface area contributed by atoms with E-state index in [1.165, 1.54) is 12.8 Å². The molecule has 0 unspecified atom stereocenters. The van der Waals surface area contributed by atoms with E-state index in [0.717, 1.165) is 17.9 Å². The maximum atomic E-state index is 5.74. The van der Waals surface area contributed by atoms with Gasteiger partial charge in [0.2, 0.25) is 0 Å². The third-order valence-electron chi connectivity index (χ3n) is 1.83. The molecule has 1 aromatic rings. The minimum absolute atomic E-state index is 0.804. The van der Waals surface area contributed by atoms with Crippen molar-refractivity contribution in [1.82, 2.24) is 9.55 Å². The Kier molecular flexibility index (Phi) is 2.52. The lowest BCUT2D eigenvalue weighted by Crippen LogP contribution is -1.98. The summed E-state index contributed by atoms with van der Waals surface area (Å²) >= 11 is 0. The van der Waals surface area contributed by atoms with Crippen molar-refractivity contribution in [2.75, 3.05) is 5.73 Å². The van der Waals surface area contributed by atoms with Gasteiger partial charge in [0.1, 0.15) is 5.82 Å². The van der Waals surface area contributed by atoms with Crippen LogP contribution in [-0.4, -0.2) is 9.55 Å². The summed E-state index contributed by atoms with van der Waals surface area (Å²) in [6.07, 6.45) is 5.13. The number of nitrogen functional groups attached to an aromatic ring is 1. The standard InChI is InChI=1S/C8H15N3/c1-3-4-5-7-8(9)11(2)6-10-7/h6H,3-5,9H2,1-2H3. The lowest BCUT2D eigenvalue weighted by molar-refractivity contribution is 0.782. The third-order valence-corrected chi connectivity index (χ3v) is 1.83. The summed E-state index contributed by atoms with van der Waals surface area (Å²) < 4.78 is 1.85. The van der Waals surface area contributed by atoms with Gasteiger partial charge in [-0.25, -0.2) is 4.98 Å². The molecule has 0 saturated heterocycles. The third kappa shape index (κ3) is 1.73. The first-order chi connectivity index (χ1) is 5.25. The Hall–Kier alpha value is -0.990. The van der Waals surface area contributed by atoms with Crippen LogP contribution in [-0.2, 0) is 13.5 Å². The van der Waals surface area contributed by atoms with E-state index in [1.54, 1.807) is 6.33 Å². The number of nitrogens with zero attached hydrogens (tertiary/aromatic N) is 2. The van der Waals surface area contributed by atoms with Crippen LogP contribution in [0.4, 0.5) is 5.82 Å². The highest BCUT2D eigenvalue weighted by Crippen LogP contribution is 2.10. The number of aromatic nitrogens is 2. The van der Waals surface area contributed by atoms with Crippen LogP contribution in [0.3, 0.4) is 0 Å². The van der Waals surface area contributed by atoms with E-state index in [9.17, 15) is 0 Å². The molecule has 0 aliphatic heterocycles. The average molecular weight is 153 g/mol. The second-order valence-corrected chi connectivity index (χ2v) is 2.79. The van der Waals surface area contributed by atoms with E-state index in [1.807, 2.05) is 11.6 Å². The molecule has 0 aromatic carbocycles. The summed E-state index contributed by atoms with van der Waals surface area (Å²) in [4.78, 5) is 4.19. The second-order valence-electron chi connectivity index (χ2n) is 2.79. The number of aryl methyl sites for hydroxylation is 2. The molecule has 0 aliphatic rings. The summed E-state index contributed by atoms with van der Waals surface area (Å²) in [6, 6.07) is 0. The Bertz CT molecular complexity index is 227. The molecule has 0 radical (unpaired) electrons. The fourth-order valence-corrected chi connectivity index (χ4v) is 1.03. The van der Waals surface area contributed by atoms with Gasteiger partial charge in [-0.1, -0.05) is 13.3 Å². The van der Waals surface area contributed by atoms with Crippen molar-refractivity contribution < 1.29 is 0 Å². The maximum Gasteiger partial charge on any atom is 0.126 e. The highest BCUT2D eigenvalue weighted by Gasteiger charge is 2.02. The van der Waals surface area contributed by atoms with E-state index in [2.05, 4.69) is 11.9 Å². The summed E-state index contributed by atoms with van der Waals surface area (Å²) in [7, 11) is 1.91. The van der Waals surface area contributed by atoms with Crippen LogP contribution in [0.25, 0.3) is 0 Å². The molecule has 1 aromatic heterocycles. The zero-order valence-corrected chi connectivity index (χ0v) is 7.17. The van der Waals surface area contributed by atoms with Gasteiger partial charge in [-0.15, -0.1) is 0 Å². The number of rotatable bonds is 3. The van der Waals surface area contributed by atoms with Crippen molar-refractivity contribution >= 4 is 5.82 Å². The van der Waals surface area contributed by atoms with Crippen LogP contribution in [0.2, 0.25) is 0 Å². The molecule has 0 aliphatic carbocycles. The van der Waals surface area contributed by atoms with Crippen molar-refractivity contribution in [2.45, 2.75) is 26.2 Å². The average Bonchev–Trinajstić information content (AvgIpc) is 2.31. The van der Waals surface area contributed by atoms with Gasteiger partial charge >= 0.3 is 0 Å². The molecule has 0 bridgehead atoms. The molecule has 62 valence electrons. The number of unbranched alkanes of at least 4 members (excludes halogenated alkanes) is 1. The molecule has 0 saturated carbocycles. The maximum absolute atomic E-state index is 5.74. The number of hydrogen-bond donors (Lipinski definition) is 1. The fourth-order valence-electron chi connectivity index (χ4n) is 1.03. The molecule has 0 amide bonds. The highest BCUT2D eigenvalue weighted by atomic mass is 15.1. The Labute approximate surface area is 67.2 Å². The van der Waals surface area contributed by atoms with Crippen molar-refractivity contribution in [3.63, 3.8) is 0 Å². The molecule has 1 heterocycles. The van der Waals surface area contributed by atoms with Gasteiger partial charge in [0, 0.05) is 7.05 Å². The number of nitrogens with two attached hydrogens (primary N) is 1. The molecule has 3 heteroatoms. The van der Waals surface area contributed by atoms with Crippen LogP contribution in [0, 0.1) is 0 Å². The summed E-state index contributed by atoms with van der Waals surface area (Å²) in [5.74, 6) is 0.804. The van der Waals surface area contributed by atoms with Crippen LogP contribution in [0.1, 0.15) is 25.5 Å². The molecule has 11 heavy (non-hydrogen) atoms. The summed E-state index contributed by atoms with van der Waals surface area (Å²) in [5, 5.41) is 0. The largest absolute Gasteiger partial charge is 0.384 e. The summed E-state index contributed by atoms with van der Waals surface area (Å²) in [6.45, 7) is 2.17. The van der Waals surface area contributed by atoms with E-state index >= 15 is 0 Å². The van der Waals surface area contributed by atoms with Crippen LogP contribution >= 0.6 is 0 Å². The molecule has 0 fully saturated rings. The Morgan fingerprint density at radius 1 is 1.64 bits per heavy atom. The van der Waals surface area contributed by atoms with Gasteiger partial charge in [-0.3, -0.25) is 0 Å². The van der Waals surface area contributed by atoms with Gasteiger partial charge in [-0.05, 0) is 12.8 Å². The van der Waals surface area contributed by atoms with Crippen molar-refractivity contribution in [1.29, 1.82) is 0 Å². The molecular weight excluding hydrogens is 138 g/mol. The van der Waals surface area contributed by atoms with Gasteiger partial charge in [0.05, 0.1) is 12.0 Å². The normalized spacial score (nSPS) is 10.4. The van der Waals surface area contributed by atoms with E-state index in [-0.39, 0.29) is 0 Å². The lowest BCUT2D eigenvalue weighted by atomic mass is 10.2. The first-order valence-electron chi connectivity index (χ1n) is 4.01. The number of imidazole rings is 1. The lowest BCUT2D eigenvalue weighted by Gasteiger charge is -1.97. The van der Waals surface area contributed by atoms with E-state index in [4.69, 9.17) is 5.73 Å². The quantitative estimate of drug-likeness (QED) is 0.712. The van der Waals surface area contributed by atoms with Gasteiger partial charge in [-0.2, -0.15) is 0 Å². The minimum atomic E-state index is 0.804. The Morgan fingerprint density at radius 3 is 2.82 bits per heavy atom. The molecule has 2 N–H and O–H groups in total. The SMILES string of the molecule is CCCCc1ncn(C)c1N.